The van der Waals surface area contributed by atoms with E-state index in [1.807, 2.05) is 0 Å². The number of esters is 1. The molecule has 144 valence electrons. The summed E-state index contributed by atoms with van der Waals surface area (Å²) in [6.07, 6.45) is 1.73. The number of amides is 1. The molecule has 0 aliphatic heterocycles. The van der Waals surface area contributed by atoms with Crippen LogP contribution < -0.4 is 16.5 Å². The van der Waals surface area contributed by atoms with Crippen LogP contribution in [0.2, 0.25) is 0 Å². The van der Waals surface area contributed by atoms with Crippen LogP contribution in [0.25, 0.3) is 0 Å². The molecule has 26 heavy (non-hydrogen) atoms. The van der Waals surface area contributed by atoms with E-state index in [-0.39, 0.29) is 12.3 Å². The summed E-state index contributed by atoms with van der Waals surface area (Å²) in [5.74, 6) is -0.704. The number of carbonyl (C=O) groups is 2. The van der Waals surface area contributed by atoms with Crippen molar-refractivity contribution >= 4 is 24.5 Å². The summed E-state index contributed by atoms with van der Waals surface area (Å²) in [5, 5.41) is 20.9. The van der Waals surface area contributed by atoms with Crippen LogP contribution in [0.4, 0.5) is 0 Å². The minimum atomic E-state index is -1.51. The number of carbonyl (C=O) groups excluding carboxylic acids is 2. The van der Waals surface area contributed by atoms with Gasteiger partial charge in [0.25, 0.3) is 0 Å². The number of nitrogens with one attached hydrogen (secondary N) is 1. The highest BCUT2D eigenvalue weighted by atomic mass is 16.6. The van der Waals surface area contributed by atoms with Gasteiger partial charge in [0, 0.05) is 6.42 Å². The monoisotopic (exact) mass is 364 g/mol. The molecule has 0 spiro atoms. The minimum absolute atomic E-state index is 0.211. The minimum Gasteiger partial charge on any atom is -0.458 e. The van der Waals surface area contributed by atoms with Crippen molar-refractivity contribution in [3.8, 4) is 0 Å². The van der Waals surface area contributed by atoms with E-state index < -0.39 is 24.7 Å². The maximum absolute atomic E-state index is 12.3. The third-order valence-corrected chi connectivity index (χ3v) is 3.64. The van der Waals surface area contributed by atoms with Crippen LogP contribution in [-0.2, 0) is 20.7 Å². The van der Waals surface area contributed by atoms with Gasteiger partial charge in [-0.1, -0.05) is 24.3 Å². The zero-order valence-corrected chi connectivity index (χ0v) is 15.7. The average molecular weight is 364 g/mol. The second-order valence-electron chi connectivity index (χ2n) is 7.20. The van der Waals surface area contributed by atoms with E-state index in [9.17, 15) is 9.59 Å². The lowest BCUT2D eigenvalue weighted by Gasteiger charge is -2.24. The Morgan fingerprint density at radius 3 is 2.35 bits per heavy atom. The van der Waals surface area contributed by atoms with Gasteiger partial charge in [-0.25, -0.2) is 4.79 Å². The fourth-order valence-corrected chi connectivity index (χ4v) is 2.32. The molecule has 7 nitrogen and oxygen atoms in total. The van der Waals surface area contributed by atoms with Crippen molar-refractivity contribution in [1.29, 1.82) is 0 Å². The molecule has 1 rings (SSSR count). The predicted octanol–water partition coefficient (Wildman–Crippen LogP) is -0.136. The van der Waals surface area contributed by atoms with Gasteiger partial charge in [-0.05, 0) is 57.6 Å². The zero-order chi connectivity index (χ0) is 19.7. The molecule has 1 aromatic rings. The van der Waals surface area contributed by atoms with E-state index in [0.29, 0.717) is 31.3 Å². The maximum atomic E-state index is 12.3. The van der Waals surface area contributed by atoms with E-state index in [2.05, 4.69) is 5.32 Å². The Bertz CT molecular complexity index is 584. The van der Waals surface area contributed by atoms with Gasteiger partial charge in [-0.3, -0.25) is 4.79 Å². The largest absolute Gasteiger partial charge is 0.488 e. The van der Waals surface area contributed by atoms with Gasteiger partial charge in [0.15, 0.2) is 0 Å². The first-order chi connectivity index (χ1) is 12.1. The number of aryl methyl sites for hydroxylation is 1. The fraction of sp³-hybridized carbons (Fsp3) is 0.556. The summed E-state index contributed by atoms with van der Waals surface area (Å²) < 4.78 is 5.35. The Kier molecular flexibility index (Phi) is 8.77. The molecule has 0 aliphatic carbocycles. The number of benzene rings is 1. The molecule has 0 saturated carbocycles. The predicted molar refractivity (Wildman–Crippen MR) is 101 cm³/mol. The Labute approximate surface area is 155 Å². The van der Waals surface area contributed by atoms with Crippen molar-refractivity contribution in [2.45, 2.75) is 58.1 Å². The third-order valence-electron chi connectivity index (χ3n) is 3.64. The van der Waals surface area contributed by atoms with Crippen LogP contribution in [-0.4, -0.2) is 47.2 Å². The quantitative estimate of drug-likeness (QED) is 0.358. The number of hydrogen-bond acceptors (Lipinski definition) is 6. The molecule has 1 amide bonds. The molecule has 1 atom stereocenters. The molecule has 0 aliphatic rings. The van der Waals surface area contributed by atoms with Crippen LogP contribution in [0.15, 0.2) is 24.3 Å². The Morgan fingerprint density at radius 2 is 1.85 bits per heavy atom. The molecule has 0 fully saturated rings. The van der Waals surface area contributed by atoms with E-state index in [1.165, 1.54) is 0 Å². The highest BCUT2D eigenvalue weighted by Crippen LogP contribution is 2.11. The maximum Gasteiger partial charge on any atom is 0.488 e. The number of hydrogen-bond donors (Lipinski definition) is 4. The molecule has 0 unspecified atom stereocenters. The fourth-order valence-electron chi connectivity index (χ4n) is 2.32. The SMILES string of the molecule is CC(C)(C)OC(=O)[C@H](CCCN)NC(=O)CCc1ccc(B(O)O)cc1. The molecule has 1 aromatic carbocycles. The lowest BCUT2D eigenvalue weighted by atomic mass is 9.80. The van der Waals surface area contributed by atoms with Crippen LogP contribution in [0.5, 0.6) is 0 Å². The molecular weight excluding hydrogens is 335 g/mol. The van der Waals surface area contributed by atoms with Gasteiger partial charge >= 0.3 is 13.1 Å². The normalized spacial score (nSPS) is 12.4. The molecular formula is C18H29BN2O5. The molecule has 0 heterocycles. The molecule has 0 radical (unpaired) electrons. The van der Waals surface area contributed by atoms with E-state index >= 15 is 0 Å². The summed E-state index contributed by atoms with van der Waals surface area (Å²) >= 11 is 0. The highest BCUT2D eigenvalue weighted by Gasteiger charge is 2.26. The van der Waals surface area contributed by atoms with Crippen molar-refractivity contribution in [3.05, 3.63) is 29.8 Å². The molecule has 0 bridgehead atoms. The van der Waals surface area contributed by atoms with Gasteiger partial charge in [0.05, 0.1) is 0 Å². The highest BCUT2D eigenvalue weighted by molar-refractivity contribution is 6.58. The second-order valence-corrected chi connectivity index (χ2v) is 7.20. The second kappa shape index (κ2) is 10.3. The van der Waals surface area contributed by atoms with Crippen LogP contribution in [0.1, 0.15) is 45.6 Å². The number of rotatable bonds is 9. The topological polar surface area (TPSA) is 122 Å². The van der Waals surface area contributed by atoms with Crippen molar-refractivity contribution in [2.24, 2.45) is 5.73 Å². The van der Waals surface area contributed by atoms with Crippen LogP contribution >= 0.6 is 0 Å². The lowest BCUT2D eigenvalue weighted by molar-refractivity contribution is -0.158. The van der Waals surface area contributed by atoms with E-state index in [4.69, 9.17) is 20.5 Å². The van der Waals surface area contributed by atoms with Gasteiger partial charge in [0.1, 0.15) is 11.6 Å². The first kappa shape index (κ1) is 22.1. The summed E-state index contributed by atoms with van der Waals surface area (Å²) in [4.78, 5) is 24.5. The van der Waals surface area contributed by atoms with Gasteiger partial charge in [-0.2, -0.15) is 0 Å². The van der Waals surface area contributed by atoms with E-state index in [0.717, 1.165) is 5.56 Å². The van der Waals surface area contributed by atoms with Gasteiger partial charge in [0.2, 0.25) is 5.91 Å². The Morgan fingerprint density at radius 1 is 1.23 bits per heavy atom. The van der Waals surface area contributed by atoms with Crippen molar-refractivity contribution in [2.75, 3.05) is 6.54 Å². The van der Waals surface area contributed by atoms with Crippen LogP contribution in [0, 0.1) is 0 Å². The van der Waals surface area contributed by atoms with E-state index in [1.54, 1.807) is 45.0 Å². The summed E-state index contributed by atoms with van der Waals surface area (Å²) in [6.45, 7) is 5.76. The first-order valence-corrected chi connectivity index (χ1v) is 8.79. The summed E-state index contributed by atoms with van der Waals surface area (Å²) in [6, 6.07) is 5.96. The average Bonchev–Trinajstić information content (AvgIpc) is 2.55. The number of nitrogens with two attached hydrogens (primary N) is 1. The van der Waals surface area contributed by atoms with Gasteiger partial charge < -0.3 is 25.8 Å². The summed E-state index contributed by atoms with van der Waals surface area (Å²) in [5.41, 5.74) is 6.16. The first-order valence-electron chi connectivity index (χ1n) is 8.79. The zero-order valence-electron chi connectivity index (χ0n) is 15.7. The lowest BCUT2D eigenvalue weighted by Crippen LogP contribution is -2.44. The Balaban J connectivity index is 2.58. The van der Waals surface area contributed by atoms with Crippen LogP contribution in [0.3, 0.4) is 0 Å². The van der Waals surface area contributed by atoms with Crippen molar-refractivity contribution < 1.29 is 24.4 Å². The van der Waals surface area contributed by atoms with Crippen molar-refractivity contribution in [1.82, 2.24) is 5.32 Å². The molecule has 0 saturated heterocycles. The Hall–Kier alpha value is -1.90. The van der Waals surface area contributed by atoms with Crippen molar-refractivity contribution in [3.63, 3.8) is 0 Å². The summed E-state index contributed by atoms with van der Waals surface area (Å²) in [7, 11) is -1.51. The molecule has 5 N–H and O–H groups in total. The standard InChI is InChI=1S/C18H29BN2O5/c1-18(2,3)26-17(23)15(5-4-12-20)21-16(22)11-8-13-6-9-14(10-7-13)19(24)25/h6-7,9-10,15,24-25H,4-5,8,11-12,20H2,1-3H3,(H,21,22)/t15-/m0/s1. The third kappa shape index (κ3) is 8.46. The molecule has 0 aromatic heterocycles. The van der Waals surface area contributed by atoms with Gasteiger partial charge in [-0.15, -0.1) is 0 Å². The smallest absolute Gasteiger partial charge is 0.458 e. The number of ether oxygens (including phenoxy) is 1. The molecule has 8 heteroatoms.